The second-order valence-corrected chi connectivity index (χ2v) is 3.32. The Labute approximate surface area is 103 Å². The molecule has 1 aromatic heterocycles. The summed E-state index contributed by atoms with van der Waals surface area (Å²) in [6.45, 7) is 0.651. The van der Waals surface area contributed by atoms with Gasteiger partial charge < -0.3 is 14.8 Å². The minimum Gasteiger partial charge on any atom is -0.475 e. The lowest BCUT2D eigenvalue weighted by atomic mass is 10.5. The van der Waals surface area contributed by atoms with E-state index in [4.69, 9.17) is 9.47 Å². The maximum Gasteiger partial charge on any atom is 0.350 e. The van der Waals surface area contributed by atoms with E-state index in [1.54, 1.807) is 0 Å². The Balaban J connectivity index is 2.62. The van der Waals surface area contributed by atoms with E-state index in [-0.39, 0.29) is 24.0 Å². The van der Waals surface area contributed by atoms with Crippen LogP contribution in [0.3, 0.4) is 0 Å². The topological polar surface area (TPSA) is 109 Å². The van der Waals surface area contributed by atoms with Gasteiger partial charge in [0.1, 0.15) is 12.7 Å². The Bertz CT molecular complexity index is 431. The van der Waals surface area contributed by atoms with E-state index in [0.717, 1.165) is 10.9 Å². The molecule has 1 amide bonds. The van der Waals surface area contributed by atoms with Gasteiger partial charge in [-0.1, -0.05) is 0 Å². The van der Waals surface area contributed by atoms with Crippen LogP contribution in [0, 0.1) is 10.1 Å². The van der Waals surface area contributed by atoms with Crippen molar-refractivity contribution in [2.24, 2.45) is 0 Å². The van der Waals surface area contributed by atoms with E-state index < -0.39 is 4.92 Å². The Morgan fingerprint density at radius 2 is 2.33 bits per heavy atom. The van der Waals surface area contributed by atoms with Gasteiger partial charge in [-0.2, -0.15) is 0 Å². The summed E-state index contributed by atoms with van der Waals surface area (Å²) in [6.07, 6.45) is 1.15. The minimum atomic E-state index is -0.620. The third-order valence-electron chi connectivity index (χ3n) is 2.03. The molecule has 0 aromatic carbocycles. The number of nitrogens with one attached hydrogen (secondary N) is 1. The van der Waals surface area contributed by atoms with E-state index in [2.05, 4.69) is 10.4 Å². The Hall–Kier alpha value is -2.16. The number of hydrogen-bond donors (Lipinski definition) is 1. The third-order valence-corrected chi connectivity index (χ3v) is 2.03. The van der Waals surface area contributed by atoms with Crippen molar-refractivity contribution in [1.82, 2.24) is 15.1 Å². The van der Waals surface area contributed by atoms with Crippen molar-refractivity contribution in [2.75, 3.05) is 27.4 Å². The fraction of sp³-hybridized carbons (Fsp3) is 0.556. The molecule has 1 heterocycles. The molecular weight excluding hydrogens is 244 g/mol. The first-order valence-corrected chi connectivity index (χ1v) is 5.10. The molecule has 9 nitrogen and oxygen atoms in total. The number of nitrogens with zero attached hydrogens (tertiary/aromatic N) is 3. The molecule has 9 heteroatoms. The van der Waals surface area contributed by atoms with Crippen molar-refractivity contribution in [3.8, 4) is 5.88 Å². The van der Waals surface area contributed by atoms with Crippen LogP contribution in [0.15, 0.2) is 6.20 Å². The zero-order chi connectivity index (χ0) is 13.5. The van der Waals surface area contributed by atoms with Gasteiger partial charge in [0.05, 0.1) is 18.6 Å². The van der Waals surface area contributed by atoms with Crippen LogP contribution >= 0.6 is 0 Å². The van der Waals surface area contributed by atoms with Gasteiger partial charge in [-0.3, -0.25) is 19.6 Å². The van der Waals surface area contributed by atoms with Gasteiger partial charge in [0.15, 0.2) is 0 Å². The summed E-state index contributed by atoms with van der Waals surface area (Å²) in [5.74, 6) is -0.434. The molecule has 100 valence electrons. The van der Waals surface area contributed by atoms with Gasteiger partial charge in [-0.25, -0.2) is 0 Å². The molecule has 0 aliphatic heterocycles. The average molecular weight is 258 g/mol. The van der Waals surface area contributed by atoms with E-state index in [0.29, 0.717) is 13.2 Å². The zero-order valence-electron chi connectivity index (χ0n) is 10.1. The highest BCUT2D eigenvalue weighted by molar-refractivity contribution is 5.75. The molecule has 18 heavy (non-hydrogen) atoms. The van der Waals surface area contributed by atoms with Gasteiger partial charge in [-0.05, 0) is 0 Å². The first kappa shape index (κ1) is 13.9. The highest BCUT2D eigenvalue weighted by Gasteiger charge is 2.20. The van der Waals surface area contributed by atoms with Crippen LogP contribution < -0.4 is 10.1 Å². The van der Waals surface area contributed by atoms with Crippen LogP contribution in [0.5, 0.6) is 5.88 Å². The van der Waals surface area contributed by atoms with Crippen molar-refractivity contribution >= 4 is 11.6 Å². The number of hydrogen-bond acceptors (Lipinski definition) is 6. The molecule has 1 N–H and O–H groups in total. The SMILES string of the molecule is COCCNC(=O)Cn1cc([N+](=O)[O-])c(OC)n1. The van der Waals surface area contributed by atoms with E-state index in [1.165, 1.54) is 14.2 Å². The maximum atomic E-state index is 11.4. The van der Waals surface area contributed by atoms with Crippen molar-refractivity contribution in [1.29, 1.82) is 0 Å². The van der Waals surface area contributed by atoms with Crippen molar-refractivity contribution < 1.29 is 19.2 Å². The Kier molecular flexibility index (Phi) is 5.06. The predicted molar refractivity (Wildman–Crippen MR) is 60.3 cm³/mol. The Morgan fingerprint density at radius 3 is 2.83 bits per heavy atom. The van der Waals surface area contributed by atoms with Crippen LogP contribution in [-0.4, -0.2) is 48.0 Å². The maximum absolute atomic E-state index is 11.4. The lowest BCUT2D eigenvalue weighted by Gasteiger charge is -2.03. The number of amides is 1. The second-order valence-electron chi connectivity index (χ2n) is 3.32. The summed E-state index contributed by atoms with van der Waals surface area (Å²) in [4.78, 5) is 21.5. The standard InChI is InChI=1S/C9H14N4O5/c1-17-4-3-10-8(14)6-12-5-7(13(15)16)9(11-12)18-2/h5H,3-4,6H2,1-2H3,(H,10,14). The largest absolute Gasteiger partial charge is 0.475 e. The molecule has 0 saturated heterocycles. The van der Waals surface area contributed by atoms with E-state index >= 15 is 0 Å². The summed E-state index contributed by atoms with van der Waals surface area (Å²) >= 11 is 0. The molecule has 0 spiro atoms. The quantitative estimate of drug-likeness (QED) is 0.403. The van der Waals surface area contributed by atoms with Gasteiger partial charge in [0.25, 0.3) is 0 Å². The lowest BCUT2D eigenvalue weighted by molar-refractivity contribution is -0.385. The summed E-state index contributed by atoms with van der Waals surface area (Å²) in [5, 5.41) is 17.0. The minimum absolute atomic E-state index is 0.117. The zero-order valence-corrected chi connectivity index (χ0v) is 10.1. The molecule has 0 aliphatic rings. The molecule has 0 fully saturated rings. The molecule has 0 bridgehead atoms. The van der Waals surface area contributed by atoms with Crippen LogP contribution in [0.2, 0.25) is 0 Å². The molecule has 1 rings (SSSR count). The van der Waals surface area contributed by atoms with Crippen molar-refractivity contribution in [2.45, 2.75) is 6.54 Å². The fourth-order valence-corrected chi connectivity index (χ4v) is 1.24. The second kappa shape index (κ2) is 6.55. The normalized spacial score (nSPS) is 10.1. The van der Waals surface area contributed by atoms with Crippen LogP contribution in [-0.2, 0) is 16.1 Å². The smallest absolute Gasteiger partial charge is 0.350 e. The molecule has 0 saturated carbocycles. The fourth-order valence-electron chi connectivity index (χ4n) is 1.24. The predicted octanol–water partition coefficient (Wildman–Crippen LogP) is -0.437. The number of methoxy groups -OCH3 is 2. The Morgan fingerprint density at radius 1 is 1.61 bits per heavy atom. The van der Waals surface area contributed by atoms with Gasteiger partial charge in [-0.15, -0.1) is 5.10 Å². The number of nitro groups is 1. The van der Waals surface area contributed by atoms with Crippen molar-refractivity contribution in [3.05, 3.63) is 16.3 Å². The van der Waals surface area contributed by atoms with E-state index in [1.807, 2.05) is 0 Å². The first-order valence-electron chi connectivity index (χ1n) is 5.10. The lowest BCUT2D eigenvalue weighted by Crippen LogP contribution is -2.30. The van der Waals surface area contributed by atoms with Gasteiger partial charge >= 0.3 is 11.6 Å². The molecular formula is C9H14N4O5. The van der Waals surface area contributed by atoms with Crippen molar-refractivity contribution in [3.63, 3.8) is 0 Å². The highest BCUT2D eigenvalue weighted by Crippen LogP contribution is 2.23. The molecule has 0 radical (unpaired) electrons. The number of carbonyl (C=O) groups excluding carboxylic acids is 1. The first-order chi connectivity index (χ1) is 8.58. The molecule has 0 aliphatic carbocycles. The summed E-state index contributed by atoms with van der Waals surface area (Å²) in [5.41, 5.74) is -0.276. The van der Waals surface area contributed by atoms with Gasteiger partial charge in [0.2, 0.25) is 5.91 Å². The average Bonchev–Trinajstić information content (AvgIpc) is 2.72. The summed E-state index contributed by atoms with van der Waals surface area (Å²) in [6, 6.07) is 0. The molecule has 0 unspecified atom stereocenters. The summed E-state index contributed by atoms with van der Waals surface area (Å²) < 4.78 is 10.7. The highest BCUT2D eigenvalue weighted by atomic mass is 16.6. The monoisotopic (exact) mass is 258 g/mol. The van der Waals surface area contributed by atoms with E-state index in [9.17, 15) is 14.9 Å². The van der Waals surface area contributed by atoms with Gasteiger partial charge in [0, 0.05) is 13.7 Å². The molecule has 1 aromatic rings. The third kappa shape index (κ3) is 3.70. The number of carbonyl (C=O) groups is 1. The molecule has 0 atom stereocenters. The van der Waals surface area contributed by atoms with Crippen LogP contribution in [0.25, 0.3) is 0 Å². The number of rotatable bonds is 7. The van der Waals surface area contributed by atoms with Crippen LogP contribution in [0.1, 0.15) is 0 Å². The number of aromatic nitrogens is 2. The van der Waals surface area contributed by atoms with Crippen LogP contribution in [0.4, 0.5) is 5.69 Å². The number of ether oxygens (including phenoxy) is 2. The summed E-state index contributed by atoms with van der Waals surface area (Å²) in [7, 11) is 2.80.